The van der Waals surface area contributed by atoms with Crippen LogP contribution in [0.2, 0.25) is 5.02 Å². The fourth-order valence-corrected chi connectivity index (χ4v) is 11.2. The Labute approximate surface area is 337 Å². The number of aromatic nitrogens is 1. The molecule has 1 aliphatic heterocycles. The molecule has 8 rings (SSSR count). The maximum atomic E-state index is 13.1. The van der Waals surface area contributed by atoms with Gasteiger partial charge < -0.3 is 29.4 Å². The van der Waals surface area contributed by atoms with E-state index in [9.17, 15) is 9.90 Å². The number of rotatable bonds is 12. The van der Waals surface area contributed by atoms with Gasteiger partial charge in [0.1, 0.15) is 24.0 Å². The number of hydrogen-bond acceptors (Lipinski definition) is 8. The molecule has 0 radical (unpaired) electrons. The second-order valence-corrected chi connectivity index (χ2v) is 18.2. The monoisotopic (exact) mass is 785 g/mol. The lowest BCUT2D eigenvalue weighted by Crippen LogP contribution is -2.53. The molecule has 2 fully saturated rings. The minimum atomic E-state index is -1.08. The Morgan fingerprint density at radius 2 is 1.89 bits per heavy atom. The van der Waals surface area contributed by atoms with E-state index in [-0.39, 0.29) is 11.5 Å². The van der Waals surface area contributed by atoms with E-state index in [1.54, 1.807) is 0 Å². The van der Waals surface area contributed by atoms with Crippen molar-refractivity contribution in [1.82, 2.24) is 9.88 Å². The number of pyridine rings is 1. The van der Waals surface area contributed by atoms with Gasteiger partial charge in [-0.25, -0.2) is 4.79 Å². The summed E-state index contributed by atoms with van der Waals surface area (Å²) in [7, 11) is 4.03. The molecule has 1 aromatic heterocycles. The molecule has 2 N–H and O–H groups in total. The number of halogens is 1. The van der Waals surface area contributed by atoms with Crippen LogP contribution in [-0.4, -0.2) is 78.7 Å². The molecule has 2 heterocycles. The average molecular weight is 786 g/mol. The molecular weight excluding hydrogens is 726 g/mol. The number of ether oxygens (including phenoxy) is 4. The number of fused-ring (bicyclic) bond motifs is 4. The Morgan fingerprint density at radius 1 is 1.09 bits per heavy atom. The van der Waals surface area contributed by atoms with Gasteiger partial charge in [-0.15, -0.1) is 0 Å². The highest BCUT2D eigenvalue weighted by molar-refractivity contribution is 6.30. The number of anilines is 1. The standard InChI is InChI=1S/C46H60ClN3O6/c1-29(27-54-40-15-20-48-39-10-5-7-30(2)43(39)40)21-32-22-31-23-41-42(56-37(28-55-41)26-50(3)35-11-13-36(53-4)14-12-35)25-38(31)45(32)16-18-46(19-17-45,44(51)52)49-34-9-6-8-33(47)24-34/h6,8-9,15,20,23-25,29-30,32,35-37,49H,5,7,10-14,16-19,21-22,26-28H2,1-4H3,(H,51,52)/t29-,30-,32?,35?,36?,37?,45?,46?/m1/s1. The van der Waals surface area contributed by atoms with Gasteiger partial charge in [0.05, 0.1) is 12.7 Å². The second-order valence-electron chi connectivity index (χ2n) is 17.8. The van der Waals surface area contributed by atoms with Gasteiger partial charge in [0.2, 0.25) is 0 Å². The number of benzene rings is 2. The summed E-state index contributed by atoms with van der Waals surface area (Å²) < 4.78 is 25.5. The number of nitrogens with zero attached hydrogens (tertiary/aromatic N) is 2. The SMILES string of the molecule is COC1CCC(N(C)CC2COc3cc4c(cc3O2)C2(CCC(Nc3cccc(Cl)c3)(C(=O)O)CC2)C(C[C@@H](C)COc2ccnc3c2[C@H](C)CCC3)C4)CC1. The minimum absolute atomic E-state index is 0.0643. The van der Waals surface area contributed by atoms with Gasteiger partial charge >= 0.3 is 5.97 Å². The number of nitrogens with one attached hydrogen (secondary N) is 1. The minimum Gasteiger partial charge on any atom is -0.493 e. The Balaban J connectivity index is 1.03. The van der Waals surface area contributed by atoms with Crippen LogP contribution >= 0.6 is 11.6 Å². The largest absolute Gasteiger partial charge is 0.493 e. The van der Waals surface area contributed by atoms with Gasteiger partial charge in [-0.05, 0) is 161 Å². The summed E-state index contributed by atoms with van der Waals surface area (Å²) in [6, 6.07) is 14.5. The Bertz CT molecular complexity index is 1870. The van der Waals surface area contributed by atoms with Gasteiger partial charge in [0.15, 0.2) is 11.5 Å². The summed E-state index contributed by atoms with van der Waals surface area (Å²) in [4.78, 5) is 20.3. The highest BCUT2D eigenvalue weighted by atomic mass is 35.5. The number of aliphatic carboxylic acids is 1. The summed E-state index contributed by atoms with van der Waals surface area (Å²) in [5, 5.41) is 14.8. The van der Waals surface area contributed by atoms with Crippen LogP contribution in [0.3, 0.4) is 0 Å². The predicted octanol–water partition coefficient (Wildman–Crippen LogP) is 9.23. The summed E-state index contributed by atoms with van der Waals surface area (Å²) in [5.41, 5.74) is 4.55. The van der Waals surface area contributed by atoms with Crippen LogP contribution in [0.15, 0.2) is 48.7 Å². The van der Waals surface area contributed by atoms with Gasteiger partial charge in [0, 0.05) is 47.9 Å². The van der Waals surface area contributed by atoms with Crippen molar-refractivity contribution < 1.29 is 28.8 Å². The molecule has 9 nitrogen and oxygen atoms in total. The van der Waals surface area contributed by atoms with Crippen molar-refractivity contribution in [2.24, 2.45) is 11.8 Å². The smallest absolute Gasteiger partial charge is 0.329 e. The number of carboxylic acid groups (broad SMARTS) is 1. The fraction of sp³-hybridized carbons (Fsp3) is 0.609. The van der Waals surface area contributed by atoms with Gasteiger partial charge in [-0.2, -0.15) is 0 Å². The molecule has 5 aliphatic rings. The number of likely N-dealkylation sites (N-methyl/N-ethyl adjacent to an activating group) is 1. The van der Waals surface area contributed by atoms with Crippen molar-refractivity contribution in [2.75, 3.05) is 39.2 Å². The summed E-state index contributed by atoms with van der Waals surface area (Å²) in [6.45, 7) is 6.56. The lowest BCUT2D eigenvalue weighted by atomic mass is 9.59. The number of carbonyl (C=O) groups is 1. The fourth-order valence-electron chi connectivity index (χ4n) is 11.0. The molecule has 2 unspecified atom stereocenters. The second kappa shape index (κ2) is 16.4. The lowest BCUT2D eigenvalue weighted by molar-refractivity contribution is -0.144. The quantitative estimate of drug-likeness (QED) is 0.186. The first-order chi connectivity index (χ1) is 27.1. The maximum Gasteiger partial charge on any atom is 0.329 e. The first-order valence-corrected chi connectivity index (χ1v) is 21.5. The van der Waals surface area contributed by atoms with Crippen molar-refractivity contribution in [3.05, 3.63) is 76.1 Å². The van der Waals surface area contributed by atoms with E-state index in [0.29, 0.717) is 61.0 Å². The number of methoxy groups -OCH3 is 1. The lowest BCUT2D eigenvalue weighted by Gasteiger charge is -2.47. The first-order valence-electron chi connectivity index (χ1n) is 21.1. The van der Waals surface area contributed by atoms with E-state index in [1.165, 1.54) is 35.2 Å². The van der Waals surface area contributed by atoms with E-state index in [1.807, 2.05) is 43.6 Å². The molecule has 2 aromatic carbocycles. The highest BCUT2D eigenvalue weighted by Crippen LogP contribution is 2.58. The molecule has 2 saturated carbocycles. The predicted molar refractivity (Wildman–Crippen MR) is 220 cm³/mol. The van der Waals surface area contributed by atoms with E-state index in [0.717, 1.165) is 87.3 Å². The third-order valence-corrected chi connectivity index (χ3v) is 14.4. The Hall–Kier alpha value is -3.53. The van der Waals surface area contributed by atoms with E-state index < -0.39 is 11.5 Å². The maximum absolute atomic E-state index is 13.1. The van der Waals surface area contributed by atoms with Gasteiger partial charge in [0.25, 0.3) is 0 Å². The molecule has 0 bridgehead atoms. The zero-order chi connectivity index (χ0) is 39.0. The molecule has 1 spiro atoms. The Morgan fingerprint density at radius 3 is 2.64 bits per heavy atom. The van der Waals surface area contributed by atoms with E-state index in [2.05, 4.69) is 43.2 Å². The Kier molecular flexibility index (Phi) is 11.5. The van der Waals surface area contributed by atoms with E-state index in [4.69, 9.17) is 35.5 Å². The van der Waals surface area contributed by atoms with Crippen LogP contribution < -0.4 is 19.5 Å². The van der Waals surface area contributed by atoms with Crippen LogP contribution in [0.1, 0.15) is 113 Å². The number of carboxylic acids is 1. The molecule has 0 amide bonds. The van der Waals surface area contributed by atoms with Crippen molar-refractivity contribution in [3.63, 3.8) is 0 Å². The molecule has 10 heteroatoms. The van der Waals surface area contributed by atoms with Crippen LogP contribution in [-0.2, 0) is 27.8 Å². The van der Waals surface area contributed by atoms with E-state index >= 15 is 0 Å². The third kappa shape index (κ3) is 7.85. The van der Waals surface area contributed by atoms with Crippen molar-refractivity contribution >= 4 is 23.3 Å². The third-order valence-electron chi connectivity index (χ3n) is 14.2. The summed E-state index contributed by atoms with van der Waals surface area (Å²) in [6.07, 6.45) is 14.4. The van der Waals surface area contributed by atoms with Crippen molar-refractivity contribution in [3.8, 4) is 17.2 Å². The number of hydrogen-bond donors (Lipinski definition) is 2. The molecule has 4 aliphatic carbocycles. The topological polar surface area (TPSA) is 102 Å². The normalized spacial score (nSPS) is 30.1. The van der Waals surface area contributed by atoms with Crippen LogP contribution in [0, 0.1) is 11.8 Å². The summed E-state index contributed by atoms with van der Waals surface area (Å²) in [5.74, 6) is 2.89. The molecule has 302 valence electrons. The zero-order valence-electron chi connectivity index (χ0n) is 33.7. The molecular formula is C46H60ClN3O6. The summed E-state index contributed by atoms with van der Waals surface area (Å²) >= 11 is 6.33. The molecule has 4 atom stereocenters. The average Bonchev–Trinajstić information content (AvgIpc) is 3.47. The van der Waals surface area contributed by atoms with Gasteiger partial charge in [-0.3, -0.25) is 9.88 Å². The number of aryl methyl sites for hydroxylation is 1. The van der Waals surface area contributed by atoms with Crippen LogP contribution in [0.25, 0.3) is 0 Å². The van der Waals surface area contributed by atoms with Crippen LogP contribution in [0.5, 0.6) is 17.2 Å². The first kappa shape index (κ1) is 39.3. The van der Waals surface area contributed by atoms with Crippen molar-refractivity contribution in [2.45, 2.75) is 132 Å². The molecule has 0 saturated heterocycles. The van der Waals surface area contributed by atoms with Crippen LogP contribution in [0.4, 0.5) is 5.69 Å². The van der Waals surface area contributed by atoms with Crippen molar-refractivity contribution in [1.29, 1.82) is 0 Å². The zero-order valence-corrected chi connectivity index (χ0v) is 34.4. The molecule has 3 aromatic rings. The molecule has 56 heavy (non-hydrogen) atoms. The highest BCUT2D eigenvalue weighted by Gasteiger charge is 2.54. The van der Waals surface area contributed by atoms with Gasteiger partial charge in [-0.1, -0.05) is 31.5 Å².